The number of nitrogens with two attached hydrogens (primary N) is 1. The molecule has 1 aromatic carbocycles. The van der Waals surface area contributed by atoms with Crippen LogP contribution < -0.4 is 10.5 Å². The summed E-state index contributed by atoms with van der Waals surface area (Å²) in [4.78, 5) is 1.12. The van der Waals surface area contributed by atoms with E-state index in [0.29, 0.717) is 23.4 Å². The molecule has 104 valence electrons. The molecule has 1 aromatic heterocycles. The van der Waals surface area contributed by atoms with E-state index in [-0.39, 0.29) is 4.90 Å². The monoisotopic (exact) mass is 307 g/mol. The van der Waals surface area contributed by atoms with Crippen LogP contribution in [-0.4, -0.2) is 8.42 Å². The second kappa shape index (κ2) is 5.63. The Morgan fingerprint density at radius 3 is 2.80 bits per heavy atom. The van der Waals surface area contributed by atoms with Crippen molar-refractivity contribution in [2.24, 2.45) is 5.14 Å². The van der Waals surface area contributed by atoms with Crippen molar-refractivity contribution in [1.82, 2.24) is 0 Å². The van der Waals surface area contributed by atoms with Gasteiger partial charge in [-0.05, 0) is 30.7 Å². The standard InChI is InChI=1S/C13H13N3O2S2/c1-9-12(3-2-4-13(9)20(15,17)18)16-7-11-5-10(6-14)8-19-11/h2-5,8,16H,7H2,1H3,(H2,15,17,18). The van der Waals surface area contributed by atoms with E-state index in [1.807, 2.05) is 0 Å². The molecule has 20 heavy (non-hydrogen) atoms. The molecule has 0 bridgehead atoms. The Balaban J connectivity index is 2.20. The third-order valence-electron chi connectivity index (χ3n) is 2.83. The molecule has 3 N–H and O–H groups in total. The second-order valence-corrected chi connectivity index (χ2v) is 6.77. The molecule has 0 radical (unpaired) electrons. The van der Waals surface area contributed by atoms with E-state index in [0.717, 1.165) is 4.88 Å². The van der Waals surface area contributed by atoms with Gasteiger partial charge in [0.05, 0.1) is 10.5 Å². The smallest absolute Gasteiger partial charge is 0.238 e. The highest BCUT2D eigenvalue weighted by Crippen LogP contribution is 2.23. The van der Waals surface area contributed by atoms with Gasteiger partial charge in [0.15, 0.2) is 0 Å². The Morgan fingerprint density at radius 2 is 2.20 bits per heavy atom. The van der Waals surface area contributed by atoms with Gasteiger partial charge in [-0.15, -0.1) is 11.3 Å². The molecule has 0 unspecified atom stereocenters. The summed E-state index contributed by atoms with van der Waals surface area (Å²) in [6.07, 6.45) is 0. The van der Waals surface area contributed by atoms with Crippen LogP contribution in [0.15, 0.2) is 34.5 Å². The van der Waals surface area contributed by atoms with Gasteiger partial charge >= 0.3 is 0 Å². The maximum Gasteiger partial charge on any atom is 0.238 e. The first kappa shape index (κ1) is 14.5. The van der Waals surface area contributed by atoms with Crippen molar-refractivity contribution in [3.8, 4) is 6.07 Å². The molecule has 0 atom stereocenters. The molecule has 2 aromatic rings. The highest BCUT2D eigenvalue weighted by atomic mass is 32.2. The Morgan fingerprint density at radius 1 is 1.45 bits per heavy atom. The fourth-order valence-corrected chi connectivity index (χ4v) is 3.38. The zero-order valence-electron chi connectivity index (χ0n) is 10.8. The molecule has 0 amide bonds. The zero-order valence-corrected chi connectivity index (χ0v) is 12.4. The predicted octanol–water partition coefficient (Wildman–Crippen LogP) is 2.19. The molecular weight excluding hydrogens is 294 g/mol. The van der Waals surface area contributed by atoms with Crippen LogP contribution >= 0.6 is 11.3 Å². The largest absolute Gasteiger partial charge is 0.380 e. The van der Waals surface area contributed by atoms with E-state index in [1.54, 1.807) is 30.5 Å². The van der Waals surface area contributed by atoms with Crippen LogP contribution in [0.5, 0.6) is 0 Å². The van der Waals surface area contributed by atoms with Crippen LogP contribution in [0.25, 0.3) is 0 Å². The SMILES string of the molecule is Cc1c(NCc2cc(C#N)cs2)cccc1S(N)(=O)=O. The first-order valence-electron chi connectivity index (χ1n) is 5.75. The Bertz CT molecular complexity index is 773. The van der Waals surface area contributed by atoms with Crippen molar-refractivity contribution in [2.45, 2.75) is 18.4 Å². The lowest BCUT2D eigenvalue weighted by Crippen LogP contribution is -2.14. The predicted molar refractivity (Wildman–Crippen MR) is 78.9 cm³/mol. The lowest BCUT2D eigenvalue weighted by atomic mass is 10.2. The van der Waals surface area contributed by atoms with Gasteiger partial charge in [-0.25, -0.2) is 13.6 Å². The molecule has 0 aliphatic carbocycles. The molecule has 0 saturated heterocycles. The van der Waals surface area contributed by atoms with Gasteiger partial charge in [0.2, 0.25) is 10.0 Å². The minimum Gasteiger partial charge on any atom is -0.380 e. The van der Waals surface area contributed by atoms with Crippen LogP contribution in [0.4, 0.5) is 5.69 Å². The van der Waals surface area contributed by atoms with Gasteiger partial charge in [-0.3, -0.25) is 0 Å². The van der Waals surface area contributed by atoms with Gasteiger partial charge in [0, 0.05) is 22.5 Å². The van der Waals surface area contributed by atoms with Gasteiger partial charge in [-0.1, -0.05) is 6.07 Å². The Labute approximate surface area is 121 Å². The molecule has 5 nitrogen and oxygen atoms in total. The van der Waals surface area contributed by atoms with Crippen LogP contribution in [0.3, 0.4) is 0 Å². The number of thiophene rings is 1. The Hall–Kier alpha value is -1.88. The summed E-state index contributed by atoms with van der Waals surface area (Å²) >= 11 is 1.48. The van der Waals surface area contributed by atoms with Crippen LogP contribution in [0.1, 0.15) is 16.0 Å². The number of sulfonamides is 1. The number of nitrogens with zero attached hydrogens (tertiary/aromatic N) is 1. The van der Waals surface area contributed by atoms with Gasteiger partial charge in [0.1, 0.15) is 6.07 Å². The highest BCUT2D eigenvalue weighted by molar-refractivity contribution is 7.89. The van der Waals surface area contributed by atoms with Crippen molar-refractivity contribution in [1.29, 1.82) is 5.26 Å². The molecule has 0 saturated carbocycles. The molecule has 0 aliphatic rings. The third-order valence-corrected chi connectivity index (χ3v) is 4.82. The molecule has 0 spiro atoms. The fraction of sp³-hybridized carbons (Fsp3) is 0.154. The summed E-state index contributed by atoms with van der Waals surface area (Å²) in [5.74, 6) is 0. The summed E-state index contributed by atoms with van der Waals surface area (Å²) in [5, 5.41) is 18.9. The zero-order chi connectivity index (χ0) is 14.8. The number of hydrogen-bond acceptors (Lipinski definition) is 5. The number of rotatable bonds is 4. The van der Waals surface area contributed by atoms with Crippen LogP contribution in [0.2, 0.25) is 0 Å². The average Bonchev–Trinajstić information content (AvgIpc) is 2.84. The van der Waals surface area contributed by atoms with Crippen molar-refractivity contribution >= 4 is 27.0 Å². The van der Waals surface area contributed by atoms with Crippen molar-refractivity contribution in [3.63, 3.8) is 0 Å². The minimum absolute atomic E-state index is 0.117. The number of benzene rings is 1. The molecule has 0 aliphatic heterocycles. The lowest BCUT2D eigenvalue weighted by Gasteiger charge is -2.11. The summed E-state index contributed by atoms with van der Waals surface area (Å²) in [7, 11) is -3.72. The molecule has 0 fully saturated rings. The van der Waals surface area contributed by atoms with Crippen LogP contribution in [-0.2, 0) is 16.6 Å². The molecule has 1 heterocycles. The fourth-order valence-electron chi connectivity index (χ4n) is 1.83. The summed E-state index contributed by atoms with van der Waals surface area (Å²) in [5.41, 5.74) is 1.93. The summed E-state index contributed by atoms with van der Waals surface area (Å²) < 4.78 is 22.9. The molecular formula is C13H13N3O2S2. The average molecular weight is 307 g/mol. The third kappa shape index (κ3) is 3.17. The number of nitriles is 1. The van der Waals surface area contributed by atoms with E-state index in [1.165, 1.54) is 17.4 Å². The molecule has 7 heteroatoms. The quantitative estimate of drug-likeness (QED) is 0.905. The topological polar surface area (TPSA) is 96.0 Å². The van der Waals surface area contributed by atoms with Crippen molar-refractivity contribution in [2.75, 3.05) is 5.32 Å². The first-order valence-corrected chi connectivity index (χ1v) is 8.18. The number of primary sulfonamides is 1. The van der Waals surface area contributed by atoms with Gasteiger partial charge < -0.3 is 5.32 Å². The number of hydrogen-bond donors (Lipinski definition) is 2. The lowest BCUT2D eigenvalue weighted by molar-refractivity contribution is 0.597. The van der Waals surface area contributed by atoms with Gasteiger partial charge in [0.25, 0.3) is 0 Å². The normalized spacial score (nSPS) is 11.1. The van der Waals surface area contributed by atoms with E-state index in [9.17, 15) is 8.42 Å². The summed E-state index contributed by atoms with van der Waals surface area (Å²) in [6.45, 7) is 2.23. The van der Waals surface area contributed by atoms with Crippen molar-refractivity contribution in [3.05, 3.63) is 45.6 Å². The van der Waals surface area contributed by atoms with E-state index < -0.39 is 10.0 Å². The highest BCUT2D eigenvalue weighted by Gasteiger charge is 2.13. The van der Waals surface area contributed by atoms with Crippen LogP contribution in [0, 0.1) is 18.3 Å². The summed E-state index contributed by atoms with van der Waals surface area (Å²) in [6, 6.07) is 8.79. The van der Waals surface area contributed by atoms with E-state index in [2.05, 4.69) is 11.4 Å². The van der Waals surface area contributed by atoms with Crippen molar-refractivity contribution < 1.29 is 8.42 Å². The van der Waals surface area contributed by atoms with Gasteiger partial charge in [-0.2, -0.15) is 5.26 Å². The maximum atomic E-state index is 11.4. The maximum absolute atomic E-state index is 11.4. The second-order valence-electron chi connectivity index (χ2n) is 4.24. The van der Waals surface area contributed by atoms with E-state index in [4.69, 9.17) is 10.4 Å². The number of nitrogens with one attached hydrogen (secondary N) is 1. The molecule has 2 rings (SSSR count). The first-order chi connectivity index (χ1) is 9.41. The minimum atomic E-state index is -3.72. The Kier molecular flexibility index (Phi) is 4.09. The van der Waals surface area contributed by atoms with E-state index >= 15 is 0 Å². The number of anilines is 1.